The molecule has 0 saturated carbocycles. The molecule has 2 atom stereocenters. The molecule has 1 saturated heterocycles. The molecular formula is C13H24BrClN2O. The number of carbonyl (C=O) groups is 1. The Morgan fingerprint density at radius 2 is 1.67 bits per heavy atom. The van der Waals surface area contributed by atoms with E-state index in [4.69, 9.17) is 11.8 Å². The van der Waals surface area contributed by atoms with E-state index in [1.54, 1.807) is 0 Å². The molecule has 5 heteroatoms. The number of halogens is 2. The van der Waals surface area contributed by atoms with E-state index < -0.39 is 0 Å². The molecule has 1 aliphatic rings. The van der Waals surface area contributed by atoms with E-state index in [1.807, 2.05) is 3.93 Å². The van der Waals surface area contributed by atoms with Crippen LogP contribution in [0.25, 0.3) is 0 Å². The van der Waals surface area contributed by atoms with Gasteiger partial charge in [-0.2, -0.15) is 0 Å². The minimum absolute atomic E-state index is 0.0114. The third-order valence-electron chi connectivity index (χ3n) is 3.49. The molecule has 1 aliphatic heterocycles. The maximum Gasteiger partial charge on any atom is 0.256 e. The van der Waals surface area contributed by atoms with Gasteiger partial charge in [-0.25, -0.2) is 8.34 Å². The van der Waals surface area contributed by atoms with Crippen LogP contribution in [0, 0.1) is 0 Å². The van der Waals surface area contributed by atoms with Crippen LogP contribution in [0.2, 0.25) is 0 Å². The molecule has 0 radical (unpaired) electrons. The Balaban J connectivity index is 2.48. The number of hydrogen-bond donors (Lipinski definition) is 0. The van der Waals surface area contributed by atoms with Gasteiger partial charge in [-0.15, -0.1) is 0 Å². The highest BCUT2D eigenvalue weighted by Gasteiger charge is 2.43. The first kappa shape index (κ1) is 16.3. The lowest BCUT2D eigenvalue weighted by atomic mass is 10.1. The van der Waals surface area contributed by atoms with Gasteiger partial charge in [0, 0.05) is 27.9 Å². The largest absolute Gasteiger partial charge is 0.272 e. The van der Waals surface area contributed by atoms with E-state index in [0.29, 0.717) is 0 Å². The Morgan fingerprint density at radius 1 is 1.11 bits per heavy atom. The van der Waals surface area contributed by atoms with Crippen molar-refractivity contribution in [2.45, 2.75) is 77.4 Å². The number of unbranched alkanes of at least 4 members (excludes halogenated alkanes) is 4. The summed E-state index contributed by atoms with van der Waals surface area (Å²) in [6.45, 7) is 4.35. The Labute approximate surface area is 124 Å². The van der Waals surface area contributed by atoms with Crippen LogP contribution in [0.15, 0.2) is 0 Å². The molecule has 0 spiro atoms. The standard InChI is InChI=1S/C13H24BrClN2O/c1-3-5-7-9-11-13(18)17(15)12(16(11)14)10-8-6-4-2/h11-12H,3-10H2,1-2H3. The van der Waals surface area contributed by atoms with Crippen molar-refractivity contribution in [3.8, 4) is 0 Å². The summed E-state index contributed by atoms with van der Waals surface area (Å²) in [5, 5.41) is 0. The summed E-state index contributed by atoms with van der Waals surface area (Å²) >= 11 is 9.66. The molecule has 0 aliphatic carbocycles. The molecule has 3 nitrogen and oxygen atoms in total. The number of rotatable bonds is 8. The second kappa shape index (κ2) is 8.39. The zero-order chi connectivity index (χ0) is 13.5. The highest BCUT2D eigenvalue weighted by atomic mass is 79.9. The van der Waals surface area contributed by atoms with Gasteiger partial charge in [0.2, 0.25) is 0 Å². The summed E-state index contributed by atoms with van der Waals surface area (Å²) in [4.78, 5) is 12.1. The average Bonchev–Trinajstić information content (AvgIpc) is 2.56. The predicted octanol–water partition coefficient (Wildman–Crippen LogP) is 4.45. The molecule has 0 N–H and O–H groups in total. The van der Waals surface area contributed by atoms with Crippen molar-refractivity contribution in [1.82, 2.24) is 8.34 Å². The van der Waals surface area contributed by atoms with Crippen molar-refractivity contribution < 1.29 is 4.79 Å². The molecule has 0 aromatic rings. The van der Waals surface area contributed by atoms with Crippen molar-refractivity contribution >= 4 is 33.8 Å². The summed E-state index contributed by atoms with van der Waals surface area (Å²) in [5.41, 5.74) is 0. The topological polar surface area (TPSA) is 23.6 Å². The summed E-state index contributed by atoms with van der Waals surface area (Å²) in [5.74, 6) is 0.0474. The van der Waals surface area contributed by atoms with Crippen LogP contribution in [0.5, 0.6) is 0 Å². The maximum absolute atomic E-state index is 12.1. The van der Waals surface area contributed by atoms with Crippen LogP contribution in [0.3, 0.4) is 0 Å². The van der Waals surface area contributed by atoms with Gasteiger partial charge in [0.05, 0.1) is 0 Å². The van der Waals surface area contributed by atoms with Crippen LogP contribution in [0.4, 0.5) is 0 Å². The summed E-state index contributed by atoms with van der Waals surface area (Å²) < 4.78 is 3.37. The van der Waals surface area contributed by atoms with Crippen molar-refractivity contribution in [3.63, 3.8) is 0 Å². The van der Waals surface area contributed by atoms with Crippen molar-refractivity contribution in [1.29, 1.82) is 0 Å². The highest BCUT2D eigenvalue weighted by molar-refractivity contribution is 9.07. The van der Waals surface area contributed by atoms with Gasteiger partial charge in [-0.1, -0.05) is 46.0 Å². The van der Waals surface area contributed by atoms with Gasteiger partial charge in [-0.3, -0.25) is 4.79 Å². The van der Waals surface area contributed by atoms with Crippen molar-refractivity contribution in [2.24, 2.45) is 0 Å². The van der Waals surface area contributed by atoms with Crippen LogP contribution in [0.1, 0.15) is 65.2 Å². The van der Waals surface area contributed by atoms with Gasteiger partial charge >= 0.3 is 0 Å². The third-order valence-corrected chi connectivity index (χ3v) is 4.85. The van der Waals surface area contributed by atoms with Gasteiger partial charge in [0.25, 0.3) is 5.91 Å². The first-order valence-electron chi connectivity index (χ1n) is 7.06. The van der Waals surface area contributed by atoms with Gasteiger partial charge in [0.1, 0.15) is 12.2 Å². The Morgan fingerprint density at radius 3 is 2.22 bits per heavy atom. The van der Waals surface area contributed by atoms with Crippen LogP contribution >= 0.6 is 27.9 Å². The second-order valence-corrected chi connectivity index (χ2v) is 6.16. The quantitative estimate of drug-likeness (QED) is 0.482. The number of amides is 1. The van der Waals surface area contributed by atoms with Crippen LogP contribution < -0.4 is 0 Å². The third kappa shape index (κ3) is 4.10. The Bertz CT molecular complexity index is 265. The van der Waals surface area contributed by atoms with E-state index >= 15 is 0 Å². The van der Waals surface area contributed by atoms with E-state index in [-0.39, 0.29) is 18.1 Å². The maximum atomic E-state index is 12.1. The fourth-order valence-electron chi connectivity index (χ4n) is 2.35. The van der Waals surface area contributed by atoms with Gasteiger partial charge in [0.15, 0.2) is 0 Å². The molecule has 18 heavy (non-hydrogen) atoms. The second-order valence-electron chi connectivity index (χ2n) is 4.98. The monoisotopic (exact) mass is 338 g/mol. The molecule has 1 rings (SSSR count). The molecule has 1 heterocycles. The smallest absolute Gasteiger partial charge is 0.256 e. The first-order valence-corrected chi connectivity index (χ1v) is 8.11. The lowest BCUT2D eigenvalue weighted by Gasteiger charge is -2.22. The normalized spacial score (nSPS) is 25.1. The van der Waals surface area contributed by atoms with Crippen molar-refractivity contribution in [2.75, 3.05) is 0 Å². The van der Waals surface area contributed by atoms with Crippen LogP contribution in [-0.2, 0) is 4.79 Å². The number of hydrogen-bond acceptors (Lipinski definition) is 2. The molecule has 2 unspecified atom stereocenters. The SMILES string of the molecule is CCCCCC1C(=O)N(Cl)C(CCCCC)N1Br. The van der Waals surface area contributed by atoms with E-state index in [9.17, 15) is 4.79 Å². The first-order chi connectivity index (χ1) is 8.63. The minimum Gasteiger partial charge on any atom is -0.272 e. The molecule has 0 bridgehead atoms. The van der Waals surface area contributed by atoms with Gasteiger partial charge in [-0.05, 0) is 19.3 Å². The van der Waals surface area contributed by atoms with Gasteiger partial charge < -0.3 is 0 Å². The predicted molar refractivity (Wildman–Crippen MR) is 79.3 cm³/mol. The van der Waals surface area contributed by atoms with E-state index in [1.165, 1.54) is 30.1 Å². The average molecular weight is 340 g/mol. The lowest BCUT2D eigenvalue weighted by Crippen LogP contribution is -2.30. The molecule has 0 aromatic carbocycles. The zero-order valence-corrected chi connectivity index (χ0v) is 13.7. The number of nitrogens with zero attached hydrogens (tertiary/aromatic N) is 2. The summed E-state index contributed by atoms with van der Waals surface area (Å²) in [6.07, 6.45) is 8.77. The number of carbonyl (C=O) groups excluding carboxylic acids is 1. The molecular weight excluding hydrogens is 316 g/mol. The summed E-state index contributed by atoms with van der Waals surface area (Å²) in [7, 11) is 0. The van der Waals surface area contributed by atoms with E-state index in [0.717, 1.165) is 25.7 Å². The molecule has 0 aromatic heterocycles. The fourth-order valence-corrected chi connectivity index (χ4v) is 3.52. The zero-order valence-electron chi connectivity index (χ0n) is 11.4. The Kier molecular flexibility index (Phi) is 7.57. The summed E-state index contributed by atoms with van der Waals surface area (Å²) in [6, 6.07) is -0.0827. The molecule has 1 amide bonds. The minimum atomic E-state index is -0.0827. The molecule has 1 fully saturated rings. The van der Waals surface area contributed by atoms with Crippen molar-refractivity contribution in [3.05, 3.63) is 0 Å². The van der Waals surface area contributed by atoms with Crippen LogP contribution in [-0.4, -0.2) is 26.5 Å². The highest BCUT2D eigenvalue weighted by Crippen LogP contribution is 2.32. The lowest BCUT2D eigenvalue weighted by molar-refractivity contribution is -0.126. The fraction of sp³-hybridized carbons (Fsp3) is 0.923. The van der Waals surface area contributed by atoms with E-state index in [2.05, 4.69) is 30.0 Å². The molecule has 106 valence electrons. The Hall–Kier alpha value is 0.200.